The molecule has 3 nitrogen and oxygen atoms in total. The van der Waals surface area contributed by atoms with E-state index in [1.165, 1.54) is 16.5 Å². The topological polar surface area (TPSA) is 34.1 Å². The number of aromatic nitrogens is 1. The number of benzene rings is 2. The molecule has 0 saturated heterocycles. The summed E-state index contributed by atoms with van der Waals surface area (Å²) in [6.07, 6.45) is 3.79. The molecule has 3 rings (SSSR count). The van der Waals surface area contributed by atoms with Crippen molar-refractivity contribution in [3.8, 4) is 16.9 Å². The first-order valence-corrected chi connectivity index (χ1v) is 10.1. The van der Waals surface area contributed by atoms with Gasteiger partial charge < -0.3 is 10.1 Å². The van der Waals surface area contributed by atoms with Gasteiger partial charge in [0.2, 0.25) is 0 Å². The van der Waals surface area contributed by atoms with Crippen LogP contribution < -0.4 is 10.1 Å². The molecule has 0 fully saturated rings. The standard InChI is InChI=1S/C21H21ClN2OS/c1-16-20(8-5-9-21(16)26-22)25-11-10-23-13-17-12-19(15-24-14-17)18-6-3-2-4-7-18/h2-9,12,14-15,23H,10-11,13H2,1H3. The summed E-state index contributed by atoms with van der Waals surface area (Å²) in [7, 11) is 7.08. The minimum absolute atomic E-state index is 0.600. The molecule has 0 unspecified atom stereocenters. The molecule has 0 radical (unpaired) electrons. The van der Waals surface area contributed by atoms with Crippen molar-refractivity contribution < 1.29 is 4.74 Å². The Labute approximate surface area is 163 Å². The zero-order valence-corrected chi connectivity index (χ0v) is 16.2. The molecule has 0 atom stereocenters. The Morgan fingerprint density at radius 1 is 1.04 bits per heavy atom. The van der Waals surface area contributed by atoms with Gasteiger partial charge in [0.15, 0.2) is 0 Å². The third-order valence-corrected chi connectivity index (χ3v) is 5.19. The highest BCUT2D eigenvalue weighted by Gasteiger charge is 2.05. The monoisotopic (exact) mass is 384 g/mol. The quantitative estimate of drug-likeness (QED) is 0.522. The summed E-state index contributed by atoms with van der Waals surface area (Å²) in [4.78, 5) is 5.38. The van der Waals surface area contributed by atoms with Gasteiger partial charge in [-0.2, -0.15) is 0 Å². The summed E-state index contributed by atoms with van der Waals surface area (Å²) in [6.45, 7) is 4.14. The fourth-order valence-electron chi connectivity index (χ4n) is 2.67. The molecule has 1 N–H and O–H groups in total. The van der Waals surface area contributed by atoms with Gasteiger partial charge >= 0.3 is 0 Å². The second-order valence-electron chi connectivity index (χ2n) is 5.93. The van der Waals surface area contributed by atoms with Crippen LogP contribution in [0.4, 0.5) is 0 Å². The van der Waals surface area contributed by atoms with E-state index in [1.54, 1.807) is 0 Å². The lowest BCUT2D eigenvalue weighted by Crippen LogP contribution is -2.20. The number of hydrogen-bond acceptors (Lipinski definition) is 4. The van der Waals surface area contributed by atoms with Crippen LogP contribution in [0.5, 0.6) is 5.75 Å². The maximum Gasteiger partial charge on any atom is 0.123 e. The van der Waals surface area contributed by atoms with E-state index in [1.807, 2.05) is 55.7 Å². The van der Waals surface area contributed by atoms with Gasteiger partial charge in [-0.3, -0.25) is 4.98 Å². The molecule has 0 saturated carbocycles. The van der Waals surface area contributed by atoms with Crippen molar-refractivity contribution >= 4 is 21.7 Å². The summed E-state index contributed by atoms with van der Waals surface area (Å²) in [5.41, 5.74) is 4.54. The molecule has 1 aromatic heterocycles. The van der Waals surface area contributed by atoms with E-state index in [0.717, 1.165) is 40.4 Å². The first-order chi connectivity index (χ1) is 12.8. The normalized spacial score (nSPS) is 10.7. The van der Waals surface area contributed by atoms with Crippen molar-refractivity contribution in [2.24, 2.45) is 0 Å². The Bertz CT molecular complexity index is 842. The van der Waals surface area contributed by atoms with Gasteiger partial charge in [0.05, 0.1) is 0 Å². The predicted molar refractivity (Wildman–Crippen MR) is 110 cm³/mol. The smallest absolute Gasteiger partial charge is 0.123 e. The number of nitrogens with one attached hydrogen (secondary N) is 1. The number of hydrogen-bond donors (Lipinski definition) is 1. The molecular formula is C21H21ClN2OS. The summed E-state index contributed by atoms with van der Waals surface area (Å²) in [5, 5.41) is 3.40. The third-order valence-electron chi connectivity index (χ3n) is 4.09. The molecule has 134 valence electrons. The molecular weight excluding hydrogens is 364 g/mol. The molecule has 2 aromatic carbocycles. The molecule has 26 heavy (non-hydrogen) atoms. The van der Waals surface area contributed by atoms with Gasteiger partial charge in [0.25, 0.3) is 0 Å². The van der Waals surface area contributed by atoms with Crippen molar-refractivity contribution in [2.45, 2.75) is 18.4 Å². The zero-order valence-electron chi connectivity index (χ0n) is 14.6. The van der Waals surface area contributed by atoms with Crippen LogP contribution in [0, 0.1) is 6.92 Å². The van der Waals surface area contributed by atoms with Crippen LogP contribution in [0.2, 0.25) is 0 Å². The summed E-state index contributed by atoms with van der Waals surface area (Å²) in [5.74, 6) is 0.880. The minimum atomic E-state index is 0.600. The minimum Gasteiger partial charge on any atom is -0.492 e. The Hall–Kier alpha value is -2.01. The van der Waals surface area contributed by atoms with Crippen molar-refractivity contribution in [3.63, 3.8) is 0 Å². The van der Waals surface area contributed by atoms with Gasteiger partial charge in [0, 0.05) is 41.5 Å². The number of halogens is 1. The van der Waals surface area contributed by atoms with Crippen LogP contribution in [-0.2, 0) is 6.54 Å². The molecule has 0 aliphatic heterocycles. The lowest BCUT2D eigenvalue weighted by molar-refractivity contribution is 0.311. The molecule has 3 aromatic rings. The molecule has 0 bridgehead atoms. The van der Waals surface area contributed by atoms with Crippen molar-refractivity contribution in [2.75, 3.05) is 13.2 Å². The van der Waals surface area contributed by atoms with Crippen LogP contribution in [0.1, 0.15) is 11.1 Å². The average Bonchev–Trinajstić information content (AvgIpc) is 2.70. The lowest BCUT2D eigenvalue weighted by atomic mass is 10.1. The number of nitrogens with zero attached hydrogens (tertiary/aromatic N) is 1. The van der Waals surface area contributed by atoms with Crippen LogP contribution >= 0.6 is 21.7 Å². The molecule has 0 amide bonds. The Balaban J connectivity index is 1.49. The number of ether oxygens (including phenoxy) is 1. The first-order valence-electron chi connectivity index (χ1n) is 8.49. The summed E-state index contributed by atoms with van der Waals surface area (Å²) in [6, 6.07) is 18.4. The van der Waals surface area contributed by atoms with Gasteiger partial charge in [0.1, 0.15) is 12.4 Å². The van der Waals surface area contributed by atoms with Crippen molar-refractivity contribution in [3.05, 3.63) is 78.1 Å². The van der Waals surface area contributed by atoms with Crippen LogP contribution in [-0.4, -0.2) is 18.1 Å². The number of pyridine rings is 1. The average molecular weight is 385 g/mol. The molecule has 1 heterocycles. The van der Waals surface area contributed by atoms with Crippen LogP contribution in [0.3, 0.4) is 0 Å². The van der Waals surface area contributed by atoms with E-state index in [-0.39, 0.29) is 0 Å². The largest absolute Gasteiger partial charge is 0.492 e. The fraction of sp³-hybridized carbons (Fsp3) is 0.190. The van der Waals surface area contributed by atoms with E-state index in [2.05, 4.69) is 28.5 Å². The first kappa shape index (κ1) is 18.8. The fourth-order valence-corrected chi connectivity index (χ4v) is 3.52. The van der Waals surface area contributed by atoms with Crippen LogP contribution in [0.15, 0.2) is 71.9 Å². The second-order valence-corrected chi connectivity index (χ2v) is 6.99. The Kier molecular flexibility index (Phi) is 6.95. The molecule has 0 spiro atoms. The second kappa shape index (κ2) is 9.62. The van der Waals surface area contributed by atoms with Gasteiger partial charge in [-0.05, 0) is 57.9 Å². The Morgan fingerprint density at radius 3 is 2.69 bits per heavy atom. The zero-order chi connectivity index (χ0) is 18.2. The van der Waals surface area contributed by atoms with Crippen molar-refractivity contribution in [1.29, 1.82) is 0 Å². The maximum absolute atomic E-state index is 5.86. The third kappa shape index (κ3) is 5.01. The SMILES string of the molecule is Cc1c(OCCNCc2cncc(-c3ccccc3)c2)cccc1SCl. The maximum atomic E-state index is 5.86. The van der Waals surface area contributed by atoms with Crippen LogP contribution in [0.25, 0.3) is 11.1 Å². The van der Waals surface area contributed by atoms with E-state index >= 15 is 0 Å². The highest BCUT2D eigenvalue weighted by molar-refractivity contribution is 8.21. The molecule has 0 aliphatic rings. The molecule has 5 heteroatoms. The van der Waals surface area contributed by atoms with Crippen molar-refractivity contribution in [1.82, 2.24) is 10.3 Å². The van der Waals surface area contributed by atoms with E-state index in [0.29, 0.717) is 6.61 Å². The van der Waals surface area contributed by atoms with Gasteiger partial charge in [-0.15, -0.1) is 0 Å². The van der Waals surface area contributed by atoms with Gasteiger partial charge in [-0.1, -0.05) is 36.4 Å². The van der Waals surface area contributed by atoms with E-state index in [9.17, 15) is 0 Å². The number of rotatable bonds is 8. The lowest BCUT2D eigenvalue weighted by Gasteiger charge is -2.12. The molecule has 0 aliphatic carbocycles. The highest BCUT2D eigenvalue weighted by Crippen LogP contribution is 2.31. The van der Waals surface area contributed by atoms with E-state index in [4.69, 9.17) is 15.4 Å². The summed E-state index contributed by atoms with van der Waals surface area (Å²) < 4.78 is 5.86. The van der Waals surface area contributed by atoms with E-state index < -0.39 is 0 Å². The highest BCUT2D eigenvalue weighted by atomic mass is 35.7. The predicted octanol–water partition coefficient (Wildman–Crippen LogP) is 5.47. The Morgan fingerprint density at radius 2 is 1.88 bits per heavy atom. The summed E-state index contributed by atoms with van der Waals surface area (Å²) >= 11 is 0. The van der Waals surface area contributed by atoms with Gasteiger partial charge in [-0.25, -0.2) is 0 Å².